The number of thiophene rings is 1. The van der Waals surface area contributed by atoms with Crippen LogP contribution >= 0.6 is 11.3 Å². The fraction of sp³-hybridized carbons (Fsp3) is 0. The molecule has 0 amide bonds. The van der Waals surface area contributed by atoms with Crippen molar-refractivity contribution in [1.82, 2.24) is 4.57 Å². The Labute approximate surface area is 258 Å². The minimum absolute atomic E-state index is 1.07. The van der Waals surface area contributed by atoms with Gasteiger partial charge in [-0.3, -0.25) is 0 Å². The van der Waals surface area contributed by atoms with Crippen LogP contribution in [0.25, 0.3) is 64.7 Å². The molecule has 3 aromatic heterocycles. The molecule has 0 saturated heterocycles. The van der Waals surface area contributed by atoms with Crippen LogP contribution in [0.5, 0.6) is 0 Å². The number of benzene rings is 6. The molecule has 0 aliphatic carbocycles. The first kappa shape index (κ1) is 24.9. The molecule has 0 fully saturated rings. The molecular formula is C39H27N4S+3. The Kier molecular flexibility index (Phi) is 5.64. The normalized spacial score (nSPS) is 11.6. The lowest BCUT2D eigenvalue weighted by Gasteiger charge is -2.09. The van der Waals surface area contributed by atoms with Crippen LogP contribution in [0.15, 0.2) is 165 Å². The van der Waals surface area contributed by atoms with E-state index in [0.717, 1.165) is 22.7 Å². The van der Waals surface area contributed by atoms with Crippen LogP contribution in [0.4, 0.5) is 0 Å². The molecule has 0 aliphatic rings. The first-order valence-electron chi connectivity index (χ1n) is 14.8. The minimum Gasteiger partial charge on any atom is -0.308 e. The summed E-state index contributed by atoms with van der Waals surface area (Å²) < 4.78 is 11.6. The minimum atomic E-state index is 1.07. The van der Waals surface area contributed by atoms with Crippen molar-refractivity contribution in [2.45, 2.75) is 0 Å². The van der Waals surface area contributed by atoms with Crippen molar-refractivity contribution < 1.29 is 13.7 Å². The van der Waals surface area contributed by atoms with Crippen LogP contribution in [0, 0.1) is 0 Å². The highest BCUT2D eigenvalue weighted by Gasteiger charge is 2.25. The number of aromatic nitrogens is 4. The molecule has 0 aliphatic heterocycles. The number of nitrogens with zero attached hydrogens (tertiary/aromatic N) is 4. The molecule has 9 rings (SSSR count). The Bertz CT molecular complexity index is 2440. The van der Waals surface area contributed by atoms with Gasteiger partial charge in [0, 0.05) is 67.3 Å². The van der Waals surface area contributed by atoms with E-state index in [2.05, 4.69) is 183 Å². The molecule has 0 N–H and O–H groups in total. The lowest BCUT2D eigenvalue weighted by atomic mass is 10.1. The van der Waals surface area contributed by atoms with E-state index in [-0.39, 0.29) is 0 Å². The zero-order valence-corrected chi connectivity index (χ0v) is 24.6. The first-order valence-corrected chi connectivity index (χ1v) is 15.6. The van der Waals surface area contributed by atoms with Crippen LogP contribution in [0.1, 0.15) is 0 Å². The fourth-order valence-electron chi connectivity index (χ4n) is 6.42. The van der Waals surface area contributed by atoms with E-state index >= 15 is 0 Å². The monoisotopic (exact) mass is 583 g/mol. The van der Waals surface area contributed by atoms with Gasteiger partial charge in [-0.2, -0.15) is 0 Å². The van der Waals surface area contributed by atoms with Gasteiger partial charge in [0.1, 0.15) is 0 Å². The molecule has 6 aromatic carbocycles. The van der Waals surface area contributed by atoms with Crippen LogP contribution in [0.3, 0.4) is 0 Å². The van der Waals surface area contributed by atoms with Gasteiger partial charge in [-0.05, 0) is 24.3 Å². The quantitative estimate of drug-likeness (QED) is 0.187. The molecule has 9 aromatic rings. The highest BCUT2D eigenvalue weighted by Crippen LogP contribution is 2.42. The number of rotatable bonds is 4. The summed E-state index contributed by atoms with van der Waals surface area (Å²) in [6.45, 7) is 0. The van der Waals surface area contributed by atoms with E-state index < -0.39 is 0 Å². The van der Waals surface area contributed by atoms with Crippen molar-refractivity contribution in [3.8, 4) is 22.7 Å². The number of hydrogen-bond donors (Lipinski definition) is 0. The summed E-state index contributed by atoms with van der Waals surface area (Å²) in [5.41, 5.74) is 6.86. The zero-order chi connectivity index (χ0) is 29.0. The van der Waals surface area contributed by atoms with Gasteiger partial charge < -0.3 is 4.57 Å². The topological polar surface area (TPSA) is 16.6 Å². The van der Waals surface area contributed by atoms with E-state index in [0.29, 0.717) is 0 Å². The molecular weight excluding hydrogens is 557 g/mol. The number of hydrogen-bond acceptors (Lipinski definition) is 1. The van der Waals surface area contributed by atoms with Crippen molar-refractivity contribution >= 4 is 53.3 Å². The molecule has 0 spiro atoms. The maximum Gasteiger partial charge on any atom is 0.428 e. The number of fused-ring (bicyclic) bond motifs is 7. The Hall–Kier alpha value is -5.65. The van der Waals surface area contributed by atoms with Crippen LogP contribution in [0.2, 0.25) is 0 Å². The lowest BCUT2D eigenvalue weighted by molar-refractivity contribution is -0.858. The summed E-state index contributed by atoms with van der Waals surface area (Å²) >= 11 is 1.87. The van der Waals surface area contributed by atoms with E-state index in [4.69, 9.17) is 0 Å². The van der Waals surface area contributed by atoms with Crippen molar-refractivity contribution in [3.05, 3.63) is 165 Å². The highest BCUT2D eigenvalue weighted by atomic mass is 32.1. The maximum atomic E-state index is 2.45. The molecule has 0 atom stereocenters. The predicted octanol–water partition coefficient (Wildman–Crippen LogP) is 7.98. The van der Waals surface area contributed by atoms with Gasteiger partial charge >= 0.3 is 19.0 Å². The van der Waals surface area contributed by atoms with Gasteiger partial charge in [0.2, 0.25) is 17.1 Å². The third kappa shape index (κ3) is 3.94. The average Bonchev–Trinajstić information content (AvgIpc) is 3.65. The Balaban J connectivity index is 1.31. The Morgan fingerprint density at radius 2 is 1.02 bits per heavy atom. The van der Waals surface area contributed by atoms with Crippen LogP contribution in [-0.4, -0.2) is 4.57 Å². The number of para-hydroxylation sites is 3. The zero-order valence-electron chi connectivity index (χ0n) is 23.8. The fourth-order valence-corrected chi connectivity index (χ4v) is 7.53. The molecule has 0 radical (unpaired) electrons. The largest absolute Gasteiger partial charge is 0.428 e. The summed E-state index contributed by atoms with van der Waals surface area (Å²) in [5.74, 6) is 0. The molecule has 0 unspecified atom stereocenters. The van der Waals surface area contributed by atoms with Gasteiger partial charge in [0.05, 0.1) is 16.7 Å². The SMILES string of the molecule is c1ccc(-[n+]2c[n+](-c3ccccc3)c[n+](-c3cccc(-n4c5ccccc5c5ccc6sc7ccccc7c6c54)c3)c2)cc1. The summed E-state index contributed by atoms with van der Waals surface area (Å²) in [6.07, 6.45) is 6.41. The van der Waals surface area contributed by atoms with E-state index in [9.17, 15) is 0 Å². The average molecular weight is 584 g/mol. The van der Waals surface area contributed by atoms with E-state index in [1.54, 1.807) is 0 Å². The van der Waals surface area contributed by atoms with Crippen molar-refractivity contribution in [2.75, 3.05) is 0 Å². The van der Waals surface area contributed by atoms with Gasteiger partial charge in [-0.25, -0.2) is 0 Å². The third-order valence-corrected chi connectivity index (χ3v) is 9.55. The van der Waals surface area contributed by atoms with Gasteiger partial charge in [-0.15, -0.1) is 11.3 Å². The lowest BCUT2D eigenvalue weighted by Crippen LogP contribution is -2.55. The Morgan fingerprint density at radius 3 is 1.75 bits per heavy atom. The standard InChI is InChI=1S/C39H27N4S/c1-3-12-28(13-4-1)40-25-41(29-14-5-2-6-15-29)27-42(26-40)30-16-11-17-31(24-30)43-35-20-9-7-18-32(35)33-22-23-37-38(39(33)43)34-19-8-10-21-36(34)44-37/h1-27H/q+3. The molecule has 0 saturated carbocycles. The van der Waals surface area contributed by atoms with Crippen LogP contribution < -0.4 is 13.7 Å². The summed E-state index contributed by atoms with van der Waals surface area (Å²) in [7, 11) is 0. The Morgan fingerprint density at radius 1 is 0.432 bits per heavy atom. The molecule has 5 heteroatoms. The van der Waals surface area contributed by atoms with Gasteiger partial charge in [0.25, 0.3) is 0 Å². The van der Waals surface area contributed by atoms with Crippen molar-refractivity contribution in [1.29, 1.82) is 0 Å². The third-order valence-electron chi connectivity index (χ3n) is 8.42. The van der Waals surface area contributed by atoms with Gasteiger partial charge in [0.15, 0.2) is 0 Å². The smallest absolute Gasteiger partial charge is 0.308 e. The van der Waals surface area contributed by atoms with Crippen molar-refractivity contribution in [2.24, 2.45) is 0 Å². The van der Waals surface area contributed by atoms with Crippen LogP contribution in [-0.2, 0) is 0 Å². The molecule has 44 heavy (non-hydrogen) atoms. The molecule has 3 heterocycles. The van der Waals surface area contributed by atoms with Crippen molar-refractivity contribution in [3.63, 3.8) is 0 Å². The molecule has 4 nitrogen and oxygen atoms in total. The predicted molar refractivity (Wildman–Crippen MR) is 178 cm³/mol. The second kappa shape index (κ2) is 9.97. The van der Waals surface area contributed by atoms with Gasteiger partial charge in [-0.1, -0.05) is 98.6 Å². The summed E-state index contributed by atoms with van der Waals surface area (Å²) in [5, 5.41) is 5.17. The van der Waals surface area contributed by atoms with E-state index in [1.165, 1.54) is 42.0 Å². The second-order valence-corrected chi connectivity index (χ2v) is 12.1. The summed E-state index contributed by atoms with van der Waals surface area (Å²) in [4.78, 5) is 0. The summed E-state index contributed by atoms with van der Waals surface area (Å²) in [6, 6.07) is 51.9. The molecule has 206 valence electrons. The molecule has 0 bridgehead atoms. The highest BCUT2D eigenvalue weighted by molar-refractivity contribution is 7.26. The first-order chi connectivity index (χ1) is 21.8. The maximum absolute atomic E-state index is 2.45. The van der Waals surface area contributed by atoms with E-state index in [1.807, 2.05) is 11.3 Å². The second-order valence-electron chi connectivity index (χ2n) is 11.0.